The lowest BCUT2D eigenvalue weighted by Gasteiger charge is -2.31. The average Bonchev–Trinajstić information content (AvgIpc) is 3.03. The van der Waals surface area contributed by atoms with Crippen LogP contribution in [0.4, 0.5) is 0 Å². The van der Waals surface area contributed by atoms with E-state index in [0.29, 0.717) is 6.42 Å². The monoisotopic (exact) mass is 358 g/mol. The Hall–Kier alpha value is -3.06. The summed E-state index contributed by atoms with van der Waals surface area (Å²) in [5.74, 6) is -1.02. The van der Waals surface area contributed by atoms with E-state index in [-0.39, 0.29) is 11.9 Å². The van der Waals surface area contributed by atoms with Crippen molar-refractivity contribution in [2.75, 3.05) is 7.11 Å². The predicted molar refractivity (Wildman–Crippen MR) is 104 cm³/mol. The number of esters is 1. The van der Waals surface area contributed by atoms with Crippen LogP contribution in [0.1, 0.15) is 42.0 Å². The second kappa shape index (κ2) is 6.92. The first-order valence-corrected chi connectivity index (χ1v) is 9.28. The van der Waals surface area contributed by atoms with Gasteiger partial charge in [0, 0.05) is 23.1 Å². The van der Waals surface area contributed by atoms with Gasteiger partial charge in [0.2, 0.25) is 0 Å². The molecule has 4 rings (SSSR count). The summed E-state index contributed by atoms with van der Waals surface area (Å²) in [5.41, 5.74) is 4.51. The van der Waals surface area contributed by atoms with Gasteiger partial charge in [0.05, 0.1) is 25.0 Å². The minimum absolute atomic E-state index is 0.171. The second-order valence-corrected chi connectivity index (χ2v) is 7.26. The Labute approximate surface area is 159 Å². The van der Waals surface area contributed by atoms with Crippen LogP contribution >= 0.6 is 0 Å². The molecule has 0 saturated heterocycles. The van der Waals surface area contributed by atoms with Crippen LogP contribution in [0.15, 0.2) is 54.6 Å². The molecule has 0 unspecified atom stereocenters. The Kier molecular flexibility index (Phi) is 4.45. The lowest BCUT2D eigenvalue weighted by molar-refractivity contribution is -0.146. The number of carbonyl (C=O) groups excluding carboxylic acids is 1. The van der Waals surface area contributed by atoms with Crippen LogP contribution in [0.25, 0.3) is 10.9 Å². The highest BCUT2D eigenvalue weighted by Crippen LogP contribution is 2.47. The summed E-state index contributed by atoms with van der Waals surface area (Å²) < 4.78 is 7.32. The SMILES string of the molecule is COC(=O)[C@@H]1C[C@@H](C)c2c(c3ccccc3n2Cc2ccccc2)[C@@H]1C#N. The molecule has 1 aliphatic rings. The van der Waals surface area contributed by atoms with E-state index < -0.39 is 11.8 Å². The zero-order valence-corrected chi connectivity index (χ0v) is 15.6. The fourth-order valence-electron chi connectivity index (χ4n) is 4.51. The largest absolute Gasteiger partial charge is 0.469 e. The fourth-order valence-corrected chi connectivity index (χ4v) is 4.51. The van der Waals surface area contributed by atoms with Crippen molar-refractivity contribution in [3.8, 4) is 6.07 Å². The lowest BCUT2D eigenvalue weighted by atomic mass is 9.73. The van der Waals surface area contributed by atoms with Gasteiger partial charge in [0.25, 0.3) is 0 Å². The molecule has 1 aliphatic carbocycles. The number of fused-ring (bicyclic) bond motifs is 3. The molecular weight excluding hydrogens is 336 g/mol. The van der Waals surface area contributed by atoms with Gasteiger partial charge in [-0.2, -0.15) is 5.26 Å². The van der Waals surface area contributed by atoms with Crippen LogP contribution in [0.2, 0.25) is 0 Å². The number of para-hydroxylation sites is 1. The number of carbonyl (C=O) groups is 1. The molecule has 2 aromatic carbocycles. The third kappa shape index (κ3) is 2.80. The maximum Gasteiger partial charge on any atom is 0.310 e. The number of hydrogen-bond acceptors (Lipinski definition) is 3. The van der Waals surface area contributed by atoms with Crippen molar-refractivity contribution in [3.63, 3.8) is 0 Å². The molecule has 3 aromatic rings. The second-order valence-electron chi connectivity index (χ2n) is 7.26. The standard InChI is InChI=1S/C23H22N2O2/c1-15-12-18(23(26)27-2)19(13-24)21-17-10-6-7-11-20(17)25(22(15)21)14-16-8-4-3-5-9-16/h3-11,15,18-19H,12,14H2,1-2H3/t15-,18-,19-/m1/s1. The van der Waals surface area contributed by atoms with Crippen molar-refractivity contribution in [1.82, 2.24) is 4.57 Å². The molecule has 27 heavy (non-hydrogen) atoms. The maximum absolute atomic E-state index is 12.3. The van der Waals surface area contributed by atoms with E-state index in [2.05, 4.69) is 41.8 Å². The molecule has 136 valence electrons. The van der Waals surface area contributed by atoms with Crippen molar-refractivity contribution in [3.05, 3.63) is 71.4 Å². The van der Waals surface area contributed by atoms with Gasteiger partial charge >= 0.3 is 5.97 Å². The highest BCUT2D eigenvalue weighted by molar-refractivity contribution is 5.89. The van der Waals surface area contributed by atoms with Gasteiger partial charge in [-0.15, -0.1) is 0 Å². The number of aromatic nitrogens is 1. The van der Waals surface area contributed by atoms with Crippen molar-refractivity contribution < 1.29 is 9.53 Å². The molecule has 0 aliphatic heterocycles. The normalized spacial score (nSPS) is 21.4. The van der Waals surface area contributed by atoms with Gasteiger partial charge in [0.15, 0.2) is 0 Å². The molecule has 4 nitrogen and oxygen atoms in total. The smallest absolute Gasteiger partial charge is 0.310 e. The van der Waals surface area contributed by atoms with Gasteiger partial charge in [-0.3, -0.25) is 4.79 Å². The van der Waals surface area contributed by atoms with Gasteiger partial charge in [-0.25, -0.2) is 0 Å². The summed E-state index contributed by atoms with van der Waals surface area (Å²) in [7, 11) is 1.40. The lowest BCUT2D eigenvalue weighted by Crippen LogP contribution is -2.30. The molecule has 0 N–H and O–H groups in total. The molecule has 1 heterocycles. The van der Waals surface area contributed by atoms with Gasteiger partial charge < -0.3 is 9.30 Å². The minimum atomic E-state index is -0.481. The Morgan fingerprint density at radius 2 is 1.89 bits per heavy atom. The number of nitrogens with zero attached hydrogens (tertiary/aromatic N) is 2. The zero-order chi connectivity index (χ0) is 19.0. The molecule has 1 aromatic heterocycles. The van der Waals surface area contributed by atoms with Crippen molar-refractivity contribution >= 4 is 16.9 Å². The number of ether oxygens (including phenoxy) is 1. The van der Waals surface area contributed by atoms with Crippen LogP contribution in [-0.4, -0.2) is 17.6 Å². The quantitative estimate of drug-likeness (QED) is 0.643. The minimum Gasteiger partial charge on any atom is -0.469 e. The first-order valence-electron chi connectivity index (χ1n) is 9.28. The number of methoxy groups -OCH3 is 1. The van der Waals surface area contributed by atoms with Crippen LogP contribution in [-0.2, 0) is 16.1 Å². The van der Waals surface area contributed by atoms with E-state index in [4.69, 9.17) is 4.74 Å². The Morgan fingerprint density at radius 3 is 2.59 bits per heavy atom. The Bertz CT molecular complexity index is 1030. The molecule has 3 atom stereocenters. The van der Waals surface area contributed by atoms with E-state index in [1.807, 2.05) is 30.3 Å². The van der Waals surface area contributed by atoms with Crippen molar-refractivity contribution in [2.24, 2.45) is 5.92 Å². The first-order chi connectivity index (χ1) is 13.2. The average molecular weight is 358 g/mol. The van der Waals surface area contributed by atoms with Crippen LogP contribution in [0.3, 0.4) is 0 Å². The van der Waals surface area contributed by atoms with E-state index in [1.165, 1.54) is 18.4 Å². The molecule has 0 saturated carbocycles. The molecule has 0 amide bonds. The molecular formula is C23H22N2O2. The van der Waals surface area contributed by atoms with Gasteiger partial charge in [-0.05, 0) is 29.5 Å². The summed E-state index contributed by atoms with van der Waals surface area (Å²) in [5, 5.41) is 11.0. The molecule has 0 radical (unpaired) electrons. The molecule has 4 heteroatoms. The number of benzene rings is 2. The third-order valence-corrected chi connectivity index (χ3v) is 5.67. The van der Waals surface area contributed by atoms with E-state index in [9.17, 15) is 10.1 Å². The zero-order valence-electron chi connectivity index (χ0n) is 15.6. The Balaban J connectivity index is 1.94. The molecule has 0 bridgehead atoms. The van der Waals surface area contributed by atoms with Crippen LogP contribution in [0, 0.1) is 17.2 Å². The van der Waals surface area contributed by atoms with E-state index >= 15 is 0 Å². The summed E-state index contributed by atoms with van der Waals surface area (Å²) >= 11 is 0. The number of hydrogen-bond donors (Lipinski definition) is 0. The van der Waals surface area contributed by atoms with E-state index in [1.54, 1.807) is 0 Å². The number of nitriles is 1. The summed E-state index contributed by atoms with van der Waals surface area (Å²) in [6, 6.07) is 20.9. The number of rotatable bonds is 3. The van der Waals surface area contributed by atoms with Crippen molar-refractivity contribution in [2.45, 2.75) is 31.7 Å². The highest BCUT2D eigenvalue weighted by Gasteiger charge is 2.41. The van der Waals surface area contributed by atoms with Gasteiger partial charge in [0.1, 0.15) is 0 Å². The summed E-state index contributed by atoms with van der Waals surface area (Å²) in [4.78, 5) is 12.3. The van der Waals surface area contributed by atoms with Crippen LogP contribution in [0.5, 0.6) is 0 Å². The first kappa shape index (κ1) is 17.4. The predicted octanol–water partition coefficient (Wildman–Crippen LogP) is 4.59. The Morgan fingerprint density at radius 1 is 1.19 bits per heavy atom. The summed E-state index contributed by atoms with van der Waals surface area (Å²) in [6.07, 6.45) is 0.628. The molecule has 0 fully saturated rings. The molecule has 0 spiro atoms. The summed E-state index contributed by atoms with van der Waals surface area (Å²) in [6.45, 7) is 2.89. The fraction of sp³-hybridized carbons (Fsp3) is 0.304. The van der Waals surface area contributed by atoms with Gasteiger partial charge in [-0.1, -0.05) is 55.5 Å². The van der Waals surface area contributed by atoms with Crippen molar-refractivity contribution in [1.29, 1.82) is 5.26 Å². The third-order valence-electron chi connectivity index (χ3n) is 5.67. The highest BCUT2D eigenvalue weighted by atomic mass is 16.5. The van der Waals surface area contributed by atoms with Crippen LogP contribution < -0.4 is 0 Å². The maximum atomic E-state index is 12.3. The van der Waals surface area contributed by atoms with E-state index in [0.717, 1.165) is 23.0 Å². The topological polar surface area (TPSA) is 55.0 Å².